The number of ether oxygens (including phenoxy) is 2. The molecule has 3 nitrogen and oxygen atoms in total. The first-order chi connectivity index (χ1) is 7.13. The molecule has 0 aliphatic carbocycles. The highest BCUT2D eigenvalue weighted by Gasteiger charge is 2.13. The Morgan fingerprint density at radius 2 is 1.93 bits per heavy atom. The third kappa shape index (κ3) is 2.35. The summed E-state index contributed by atoms with van der Waals surface area (Å²) in [6.45, 7) is 4.22. The molecule has 15 heavy (non-hydrogen) atoms. The SMILES string of the molecule is CCC(C)c1cc(O)c(OC)c(OC)c1. The summed E-state index contributed by atoms with van der Waals surface area (Å²) in [6.07, 6.45) is 1.02. The zero-order chi connectivity index (χ0) is 11.4. The molecule has 1 aromatic rings. The second-order valence-electron chi connectivity index (χ2n) is 3.58. The van der Waals surface area contributed by atoms with Gasteiger partial charge >= 0.3 is 0 Å². The summed E-state index contributed by atoms with van der Waals surface area (Å²) in [5.74, 6) is 1.50. The van der Waals surface area contributed by atoms with Gasteiger partial charge in [0.1, 0.15) is 0 Å². The molecule has 0 aliphatic heterocycles. The van der Waals surface area contributed by atoms with Crippen molar-refractivity contribution in [2.24, 2.45) is 0 Å². The molecule has 0 aliphatic rings. The average Bonchev–Trinajstić information content (AvgIpc) is 2.26. The summed E-state index contributed by atoms with van der Waals surface area (Å²) in [7, 11) is 3.08. The number of phenolic OH excluding ortho intramolecular Hbond substituents is 1. The molecule has 0 saturated carbocycles. The fourth-order valence-electron chi connectivity index (χ4n) is 1.49. The van der Waals surface area contributed by atoms with Crippen LogP contribution in [0.25, 0.3) is 0 Å². The lowest BCUT2D eigenvalue weighted by molar-refractivity contribution is 0.332. The van der Waals surface area contributed by atoms with E-state index in [-0.39, 0.29) is 5.75 Å². The van der Waals surface area contributed by atoms with E-state index in [1.54, 1.807) is 13.2 Å². The van der Waals surface area contributed by atoms with E-state index in [1.165, 1.54) is 7.11 Å². The van der Waals surface area contributed by atoms with Crippen molar-refractivity contribution in [3.05, 3.63) is 17.7 Å². The van der Waals surface area contributed by atoms with Gasteiger partial charge in [0, 0.05) is 0 Å². The summed E-state index contributed by atoms with van der Waals surface area (Å²) in [5, 5.41) is 9.74. The molecule has 0 saturated heterocycles. The minimum atomic E-state index is 0.132. The molecule has 1 atom stereocenters. The van der Waals surface area contributed by atoms with E-state index in [2.05, 4.69) is 13.8 Å². The highest BCUT2D eigenvalue weighted by Crippen LogP contribution is 2.39. The van der Waals surface area contributed by atoms with E-state index in [4.69, 9.17) is 9.47 Å². The van der Waals surface area contributed by atoms with Gasteiger partial charge in [-0.1, -0.05) is 13.8 Å². The summed E-state index contributed by atoms with van der Waals surface area (Å²) >= 11 is 0. The number of benzene rings is 1. The van der Waals surface area contributed by atoms with Crippen LogP contribution < -0.4 is 9.47 Å². The molecule has 3 heteroatoms. The van der Waals surface area contributed by atoms with Gasteiger partial charge in [-0.3, -0.25) is 0 Å². The zero-order valence-corrected chi connectivity index (χ0v) is 9.70. The molecule has 0 radical (unpaired) electrons. The minimum Gasteiger partial charge on any atom is -0.504 e. The molecule has 84 valence electrons. The van der Waals surface area contributed by atoms with Gasteiger partial charge < -0.3 is 14.6 Å². The lowest BCUT2D eigenvalue weighted by atomic mass is 9.98. The van der Waals surface area contributed by atoms with E-state index < -0.39 is 0 Å². The molecule has 0 heterocycles. The second kappa shape index (κ2) is 4.91. The van der Waals surface area contributed by atoms with E-state index in [9.17, 15) is 5.11 Å². The smallest absolute Gasteiger partial charge is 0.203 e. The molecular weight excluding hydrogens is 192 g/mol. The van der Waals surface area contributed by atoms with Crippen molar-refractivity contribution in [1.29, 1.82) is 0 Å². The van der Waals surface area contributed by atoms with Crippen molar-refractivity contribution >= 4 is 0 Å². The average molecular weight is 210 g/mol. The molecule has 0 fully saturated rings. The van der Waals surface area contributed by atoms with Gasteiger partial charge in [-0.2, -0.15) is 0 Å². The van der Waals surface area contributed by atoms with Gasteiger partial charge in [-0.15, -0.1) is 0 Å². The van der Waals surface area contributed by atoms with Crippen LogP contribution in [0.1, 0.15) is 31.7 Å². The second-order valence-corrected chi connectivity index (χ2v) is 3.58. The van der Waals surface area contributed by atoms with Crippen LogP contribution in [0.4, 0.5) is 0 Å². The van der Waals surface area contributed by atoms with Gasteiger partial charge in [0.25, 0.3) is 0 Å². The Labute approximate surface area is 90.6 Å². The Balaban J connectivity index is 3.19. The summed E-state index contributed by atoms with van der Waals surface area (Å²) in [4.78, 5) is 0. The summed E-state index contributed by atoms with van der Waals surface area (Å²) in [5.41, 5.74) is 1.06. The van der Waals surface area contributed by atoms with Crippen LogP contribution in [-0.2, 0) is 0 Å². The maximum Gasteiger partial charge on any atom is 0.203 e. The highest BCUT2D eigenvalue weighted by molar-refractivity contribution is 5.53. The van der Waals surface area contributed by atoms with Crippen LogP contribution in [0.2, 0.25) is 0 Å². The van der Waals surface area contributed by atoms with Gasteiger partial charge in [-0.25, -0.2) is 0 Å². The minimum absolute atomic E-state index is 0.132. The maximum absolute atomic E-state index is 9.74. The Kier molecular flexibility index (Phi) is 3.83. The molecule has 1 unspecified atom stereocenters. The van der Waals surface area contributed by atoms with Gasteiger partial charge in [-0.05, 0) is 30.0 Å². The fraction of sp³-hybridized carbons (Fsp3) is 0.500. The molecule has 0 amide bonds. The fourth-order valence-corrected chi connectivity index (χ4v) is 1.49. The van der Waals surface area contributed by atoms with Crippen molar-refractivity contribution in [2.45, 2.75) is 26.2 Å². The first-order valence-corrected chi connectivity index (χ1v) is 5.08. The quantitative estimate of drug-likeness (QED) is 0.830. The van der Waals surface area contributed by atoms with E-state index >= 15 is 0 Å². The zero-order valence-electron chi connectivity index (χ0n) is 9.70. The van der Waals surface area contributed by atoms with E-state index in [1.807, 2.05) is 6.07 Å². The first kappa shape index (κ1) is 11.7. The van der Waals surface area contributed by atoms with E-state index in [0.717, 1.165) is 12.0 Å². The molecular formula is C12H18O3. The standard InChI is InChI=1S/C12H18O3/c1-5-8(2)9-6-10(13)12(15-4)11(7-9)14-3/h6-8,13H,5H2,1-4H3. The van der Waals surface area contributed by atoms with Crippen molar-refractivity contribution in [2.75, 3.05) is 14.2 Å². The maximum atomic E-state index is 9.74. The van der Waals surface area contributed by atoms with Crippen molar-refractivity contribution < 1.29 is 14.6 Å². The molecule has 0 bridgehead atoms. The number of rotatable bonds is 4. The van der Waals surface area contributed by atoms with Crippen LogP contribution in [0.15, 0.2) is 12.1 Å². The predicted molar refractivity (Wildman–Crippen MR) is 59.9 cm³/mol. The topological polar surface area (TPSA) is 38.7 Å². The number of methoxy groups -OCH3 is 2. The molecule has 0 spiro atoms. The Morgan fingerprint density at radius 1 is 1.27 bits per heavy atom. The number of phenols is 1. The highest BCUT2D eigenvalue weighted by atomic mass is 16.5. The van der Waals surface area contributed by atoms with E-state index in [0.29, 0.717) is 17.4 Å². The number of hydrogen-bond acceptors (Lipinski definition) is 3. The largest absolute Gasteiger partial charge is 0.504 e. The Morgan fingerprint density at radius 3 is 2.40 bits per heavy atom. The molecule has 1 rings (SSSR count). The normalized spacial score (nSPS) is 12.3. The van der Waals surface area contributed by atoms with Crippen LogP contribution in [0.5, 0.6) is 17.2 Å². The lowest BCUT2D eigenvalue weighted by Crippen LogP contribution is -1.96. The number of aromatic hydroxyl groups is 1. The van der Waals surface area contributed by atoms with Crippen LogP contribution in [0, 0.1) is 0 Å². The van der Waals surface area contributed by atoms with Crippen LogP contribution in [-0.4, -0.2) is 19.3 Å². The Hall–Kier alpha value is -1.38. The number of hydrogen-bond donors (Lipinski definition) is 1. The summed E-state index contributed by atoms with van der Waals surface area (Å²) in [6, 6.07) is 3.64. The van der Waals surface area contributed by atoms with Gasteiger partial charge in [0.15, 0.2) is 11.5 Å². The molecule has 1 N–H and O–H groups in total. The van der Waals surface area contributed by atoms with Gasteiger partial charge in [0.05, 0.1) is 14.2 Å². The first-order valence-electron chi connectivity index (χ1n) is 5.08. The van der Waals surface area contributed by atoms with Gasteiger partial charge in [0.2, 0.25) is 5.75 Å². The Bertz CT molecular complexity index is 334. The third-order valence-corrected chi connectivity index (χ3v) is 2.66. The molecule has 0 aromatic heterocycles. The monoisotopic (exact) mass is 210 g/mol. The van der Waals surface area contributed by atoms with Crippen molar-refractivity contribution in [3.8, 4) is 17.2 Å². The van der Waals surface area contributed by atoms with Crippen LogP contribution in [0.3, 0.4) is 0 Å². The summed E-state index contributed by atoms with van der Waals surface area (Å²) < 4.78 is 10.2. The third-order valence-electron chi connectivity index (χ3n) is 2.66. The van der Waals surface area contributed by atoms with Crippen LogP contribution >= 0.6 is 0 Å². The van der Waals surface area contributed by atoms with Crippen molar-refractivity contribution in [1.82, 2.24) is 0 Å². The lowest BCUT2D eigenvalue weighted by Gasteiger charge is -2.14. The molecule has 1 aromatic carbocycles. The predicted octanol–water partition coefficient (Wildman–Crippen LogP) is 2.92. The van der Waals surface area contributed by atoms with Crippen molar-refractivity contribution in [3.63, 3.8) is 0 Å².